The van der Waals surface area contributed by atoms with Crippen LogP contribution in [0.2, 0.25) is 0 Å². The van der Waals surface area contributed by atoms with Crippen LogP contribution in [0.25, 0.3) is 11.0 Å². The van der Waals surface area contributed by atoms with Gasteiger partial charge in [0.2, 0.25) is 0 Å². The lowest BCUT2D eigenvalue weighted by atomic mass is 9.80. The summed E-state index contributed by atoms with van der Waals surface area (Å²) in [7, 11) is -1.57. The van der Waals surface area contributed by atoms with Gasteiger partial charge in [0.1, 0.15) is 5.58 Å². The number of hydrogen-bond donors (Lipinski definition) is 3. The Morgan fingerprint density at radius 2 is 2.06 bits per heavy atom. The predicted molar refractivity (Wildman–Crippen MR) is 65.0 cm³/mol. The van der Waals surface area contributed by atoms with Gasteiger partial charge in [0.25, 0.3) is 0 Å². The van der Waals surface area contributed by atoms with E-state index < -0.39 is 12.7 Å². The van der Waals surface area contributed by atoms with Gasteiger partial charge in [0, 0.05) is 16.7 Å². The summed E-state index contributed by atoms with van der Waals surface area (Å²) in [6, 6.07) is 6.35. The second-order valence-electron chi connectivity index (χ2n) is 3.39. The first kappa shape index (κ1) is 11.3. The fourth-order valence-electron chi connectivity index (χ4n) is 1.44. The Morgan fingerprint density at radius 3 is 2.69 bits per heavy atom. The van der Waals surface area contributed by atoms with Crippen LogP contribution in [0.4, 0.5) is 0 Å². The largest absolute Gasteiger partial charge is 0.488 e. The third-order valence-electron chi connectivity index (χ3n) is 2.30. The fraction of sp³-hybridized carbons (Fsp3) is 0.100. The van der Waals surface area contributed by atoms with E-state index in [1.165, 1.54) is 6.07 Å². The normalized spacial score (nSPS) is 10.7. The topological polar surface area (TPSA) is 70.7 Å². The van der Waals surface area contributed by atoms with Crippen LogP contribution in [0.5, 0.6) is 0 Å². The molecule has 1 aromatic carbocycles. The van der Waals surface area contributed by atoms with Crippen molar-refractivity contribution in [2.75, 3.05) is 0 Å². The average molecular weight is 236 g/mol. The molecule has 1 aromatic heterocycles. The second-order valence-corrected chi connectivity index (χ2v) is 3.70. The molecule has 0 fully saturated rings. The predicted octanol–water partition coefficient (Wildman–Crippen LogP) is -0.0974. The third kappa shape index (κ3) is 1.99. The molecule has 0 aliphatic heterocycles. The lowest BCUT2D eigenvalue weighted by Gasteiger charge is -2.02. The smallest absolute Gasteiger partial charge is 0.423 e. The highest BCUT2D eigenvalue weighted by molar-refractivity contribution is 7.79. The highest BCUT2D eigenvalue weighted by atomic mass is 32.1. The maximum atomic E-state index is 11.4. The molecule has 0 saturated heterocycles. The minimum Gasteiger partial charge on any atom is -0.423 e. The highest BCUT2D eigenvalue weighted by Gasteiger charge is 2.12. The Hall–Kier alpha value is -1.24. The van der Waals surface area contributed by atoms with Crippen LogP contribution in [-0.4, -0.2) is 17.2 Å². The molecule has 0 aliphatic carbocycles. The van der Waals surface area contributed by atoms with Gasteiger partial charge in [0.05, 0.1) is 0 Å². The first-order chi connectivity index (χ1) is 7.61. The molecule has 2 rings (SSSR count). The van der Waals surface area contributed by atoms with E-state index >= 15 is 0 Å². The average Bonchev–Trinajstić information content (AvgIpc) is 2.27. The molecule has 0 aliphatic rings. The van der Waals surface area contributed by atoms with Crippen molar-refractivity contribution in [2.24, 2.45) is 0 Å². The summed E-state index contributed by atoms with van der Waals surface area (Å²) in [5.74, 6) is 0.308. The SMILES string of the molecule is O=c1oc2cc(B(O)O)ccc2cc1CS. The molecule has 82 valence electrons. The molecule has 0 unspecified atom stereocenters. The van der Waals surface area contributed by atoms with Crippen LogP contribution in [0.1, 0.15) is 5.56 Å². The lowest BCUT2D eigenvalue weighted by Crippen LogP contribution is -2.29. The maximum Gasteiger partial charge on any atom is 0.488 e. The van der Waals surface area contributed by atoms with E-state index in [9.17, 15) is 4.79 Å². The molecule has 0 bridgehead atoms. The molecular formula is C10H9BO4S. The van der Waals surface area contributed by atoms with Gasteiger partial charge < -0.3 is 14.5 Å². The van der Waals surface area contributed by atoms with Crippen molar-refractivity contribution in [2.45, 2.75) is 5.75 Å². The van der Waals surface area contributed by atoms with Gasteiger partial charge in [0.15, 0.2) is 0 Å². The van der Waals surface area contributed by atoms with Gasteiger partial charge in [-0.05, 0) is 17.6 Å². The summed E-state index contributed by atoms with van der Waals surface area (Å²) in [4.78, 5) is 11.4. The Bertz CT molecular complexity index is 579. The molecule has 0 radical (unpaired) electrons. The lowest BCUT2D eigenvalue weighted by molar-refractivity contribution is 0.425. The monoisotopic (exact) mass is 236 g/mol. The van der Waals surface area contributed by atoms with Crippen LogP contribution in [0, 0.1) is 0 Å². The van der Waals surface area contributed by atoms with Gasteiger partial charge in [-0.3, -0.25) is 0 Å². The Kier molecular flexibility index (Phi) is 3.04. The molecule has 2 aromatic rings. The summed E-state index contributed by atoms with van der Waals surface area (Å²) in [5.41, 5.74) is 0.649. The van der Waals surface area contributed by atoms with E-state index in [-0.39, 0.29) is 5.46 Å². The first-order valence-corrected chi connectivity index (χ1v) is 5.29. The van der Waals surface area contributed by atoms with Crippen LogP contribution in [0.3, 0.4) is 0 Å². The molecule has 0 atom stereocenters. The van der Waals surface area contributed by atoms with Crippen LogP contribution in [-0.2, 0) is 5.75 Å². The van der Waals surface area contributed by atoms with Crippen molar-refractivity contribution in [3.63, 3.8) is 0 Å². The zero-order valence-electron chi connectivity index (χ0n) is 8.25. The summed E-state index contributed by atoms with van der Waals surface area (Å²) < 4.78 is 5.05. The van der Waals surface area contributed by atoms with Gasteiger partial charge in [-0.15, -0.1) is 0 Å². The second kappa shape index (κ2) is 4.33. The Labute approximate surface area is 97.1 Å². The molecule has 0 spiro atoms. The summed E-state index contributed by atoms with van der Waals surface area (Å²) in [6.07, 6.45) is 0. The quantitative estimate of drug-likeness (QED) is 0.387. The standard InChI is InChI=1S/C10H9BO4S/c12-10-7(5-16)3-6-1-2-8(11(13)14)4-9(6)15-10/h1-4,13-14,16H,5H2. The number of hydrogen-bond acceptors (Lipinski definition) is 5. The van der Waals surface area contributed by atoms with E-state index in [0.29, 0.717) is 16.9 Å². The molecule has 6 heteroatoms. The van der Waals surface area contributed by atoms with E-state index in [1.54, 1.807) is 18.2 Å². The minimum atomic E-state index is -1.57. The molecule has 0 saturated carbocycles. The number of fused-ring (bicyclic) bond motifs is 1. The zero-order valence-corrected chi connectivity index (χ0v) is 9.15. The van der Waals surface area contributed by atoms with Gasteiger partial charge in [-0.2, -0.15) is 12.6 Å². The minimum absolute atomic E-state index is 0.286. The van der Waals surface area contributed by atoms with Crippen LogP contribution in [0.15, 0.2) is 33.5 Å². The third-order valence-corrected chi connectivity index (χ3v) is 2.64. The van der Waals surface area contributed by atoms with Crippen molar-refractivity contribution in [1.82, 2.24) is 0 Å². The van der Waals surface area contributed by atoms with E-state index in [1.807, 2.05) is 0 Å². The Balaban J connectivity index is 2.67. The summed E-state index contributed by atoms with van der Waals surface area (Å²) in [5, 5.41) is 18.7. The zero-order chi connectivity index (χ0) is 11.7. The van der Waals surface area contributed by atoms with E-state index in [4.69, 9.17) is 14.5 Å². The molecule has 1 heterocycles. The van der Waals surface area contributed by atoms with E-state index in [2.05, 4.69) is 12.6 Å². The molecular weight excluding hydrogens is 227 g/mol. The van der Waals surface area contributed by atoms with Crippen molar-refractivity contribution < 1.29 is 14.5 Å². The molecule has 4 nitrogen and oxygen atoms in total. The number of rotatable bonds is 2. The fourth-order valence-corrected chi connectivity index (χ4v) is 1.66. The highest BCUT2D eigenvalue weighted by Crippen LogP contribution is 2.12. The first-order valence-electron chi connectivity index (χ1n) is 4.65. The van der Waals surface area contributed by atoms with Gasteiger partial charge in [-0.25, -0.2) is 4.79 Å². The van der Waals surface area contributed by atoms with Crippen molar-refractivity contribution in [3.8, 4) is 0 Å². The Morgan fingerprint density at radius 1 is 1.31 bits per heavy atom. The number of benzene rings is 1. The van der Waals surface area contributed by atoms with E-state index in [0.717, 1.165) is 5.39 Å². The number of thiol groups is 1. The molecule has 0 amide bonds. The van der Waals surface area contributed by atoms with Crippen molar-refractivity contribution >= 4 is 36.2 Å². The van der Waals surface area contributed by atoms with Gasteiger partial charge >= 0.3 is 12.7 Å². The molecule has 2 N–H and O–H groups in total. The molecule has 16 heavy (non-hydrogen) atoms. The van der Waals surface area contributed by atoms with Crippen LogP contribution >= 0.6 is 12.6 Å². The van der Waals surface area contributed by atoms with Crippen molar-refractivity contribution in [1.29, 1.82) is 0 Å². The summed E-state index contributed by atoms with van der Waals surface area (Å²) >= 11 is 4.02. The maximum absolute atomic E-state index is 11.4. The van der Waals surface area contributed by atoms with Crippen LogP contribution < -0.4 is 11.1 Å². The van der Waals surface area contributed by atoms with Gasteiger partial charge in [-0.1, -0.05) is 12.1 Å². The summed E-state index contributed by atoms with van der Waals surface area (Å²) in [6.45, 7) is 0. The van der Waals surface area contributed by atoms with Crippen molar-refractivity contribution in [3.05, 3.63) is 40.2 Å².